The Kier molecular flexibility index (Phi) is 27.4. The molecule has 1 heterocycles. The molecular weight excluding hydrogens is 689 g/mol. The second-order valence-electron chi connectivity index (χ2n) is 17.5. The molecule has 0 N–H and O–H groups in total. The smallest absolute Gasteiger partial charge is 0.211 e. The molecule has 2 aromatic rings. The standard InChI is InChI=1S/C55H88N2/c1-5-9-13-16-19-21-23-25-26-28-30-33-39-49-40-36-37-41-51(49)55-53(43-35-31-18-15-11-7-3)52(42-34-32-29-27-24-22-20-17-14-10-6-2)54(57(55)56)50-46-44-48(45-47-50)38-12-8-4/h26,28,36-37,40-41,44-47H,5-25,27,29-35,38-39,42-43H2,1-4H3. The lowest BCUT2D eigenvalue weighted by Crippen LogP contribution is -2.05. The average Bonchev–Trinajstić information content (AvgIpc) is 3.50. The van der Waals surface area contributed by atoms with Crippen molar-refractivity contribution in [3.8, 4) is 0 Å². The zero-order valence-corrected chi connectivity index (χ0v) is 38.0. The molecule has 0 bridgehead atoms. The van der Waals surface area contributed by atoms with E-state index in [9.17, 15) is 5.53 Å². The molecule has 2 heteroatoms. The molecular formula is C55H88N2. The number of unbranched alkanes of at least 4 members (excludes halogenated alkanes) is 24. The van der Waals surface area contributed by atoms with Gasteiger partial charge in [-0.2, -0.15) is 0 Å². The number of allylic oxidation sites excluding steroid dienone is 4. The highest BCUT2D eigenvalue weighted by Gasteiger charge is 2.36. The van der Waals surface area contributed by atoms with Crippen LogP contribution in [0.3, 0.4) is 0 Å². The molecule has 57 heavy (non-hydrogen) atoms. The molecule has 0 amide bonds. The van der Waals surface area contributed by atoms with Gasteiger partial charge < -0.3 is 5.53 Å². The fourth-order valence-corrected chi connectivity index (χ4v) is 8.86. The number of hydrogen-bond acceptors (Lipinski definition) is 0. The summed E-state index contributed by atoms with van der Waals surface area (Å²) in [6.45, 7) is 9.18. The normalized spacial score (nSPS) is 13.3. The van der Waals surface area contributed by atoms with E-state index in [0.717, 1.165) is 55.5 Å². The molecule has 3 rings (SSSR count). The molecule has 0 aliphatic carbocycles. The van der Waals surface area contributed by atoms with E-state index >= 15 is 0 Å². The lowest BCUT2D eigenvalue weighted by Gasteiger charge is -2.13. The Morgan fingerprint density at radius 1 is 0.404 bits per heavy atom. The van der Waals surface area contributed by atoms with Crippen LogP contribution in [0.1, 0.15) is 249 Å². The van der Waals surface area contributed by atoms with Crippen molar-refractivity contribution in [2.45, 2.75) is 240 Å². The Hall–Kier alpha value is -2.74. The summed E-state index contributed by atoms with van der Waals surface area (Å²) in [5.41, 5.74) is 22.6. The van der Waals surface area contributed by atoms with Crippen LogP contribution in [-0.4, -0.2) is 4.70 Å². The maximum Gasteiger partial charge on any atom is 0.211 e. The summed E-state index contributed by atoms with van der Waals surface area (Å²) in [6, 6.07) is 18.2. The van der Waals surface area contributed by atoms with Crippen molar-refractivity contribution < 1.29 is 4.70 Å². The summed E-state index contributed by atoms with van der Waals surface area (Å²) in [6.07, 6.45) is 47.2. The molecule has 0 radical (unpaired) electrons. The average molecular weight is 777 g/mol. The van der Waals surface area contributed by atoms with E-state index in [0.29, 0.717) is 0 Å². The van der Waals surface area contributed by atoms with E-state index < -0.39 is 0 Å². The van der Waals surface area contributed by atoms with Gasteiger partial charge in [0.15, 0.2) is 0 Å². The molecule has 0 saturated carbocycles. The zero-order chi connectivity index (χ0) is 40.6. The molecule has 1 aliphatic heterocycles. The summed E-state index contributed by atoms with van der Waals surface area (Å²) in [7, 11) is 0. The number of aryl methyl sites for hydroxylation is 2. The number of rotatable bonds is 36. The molecule has 0 unspecified atom stereocenters. The van der Waals surface area contributed by atoms with Crippen LogP contribution >= 0.6 is 0 Å². The first-order valence-electron chi connectivity index (χ1n) is 24.9. The highest BCUT2D eigenvalue weighted by atomic mass is 15.2. The summed E-state index contributed by atoms with van der Waals surface area (Å²) in [5.74, 6) is 0. The minimum absolute atomic E-state index is 1.04. The third-order valence-corrected chi connectivity index (χ3v) is 12.4. The van der Waals surface area contributed by atoms with Crippen LogP contribution in [0, 0.1) is 0 Å². The molecule has 0 spiro atoms. The van der Waals surface area contributed by atoms with Crippen LogP contribution in [0.2, 0.25) is 0 Å². The fourth-order valence-electron chi connectivity index (χ4n) is 8.86. The first-order valence-corrected chi connectivity index (χ1v) is 24.9. The van der Waals surface area contributed by atoms with E-state index in [1.54, 1.807) is 4.70 Å². The predicted octanol–water partition coefficient (Wildman–Crippen LogP) is 18.7. The van der Waals surface area contributed by atoms with E-state index in [1.165, 1.54) is 201 Å². The second-order valence-corrected chi connectivity index (χ2v) is 17.5. The Bertz CT molecular complexity index is 1420. The first kappa shape index (κ1) is 48.6. The van der Waals surface area contributed by atoms with E-state index in [4.69, 9.17) is 0 Å². The molecule has 0 saturated heterocycles. The Morgan fingerprint density at radius 2 is 0.842 bits per heavy atom. The van der Waals surface area contributed by atoms with Crippen molar-refractivity contribution >= 4 is 11.4 Å². The van der Waals surface area contributed by atoms with Crippen LogP contribution in [0.15, 0.2) is 71.8 Å². The van der Waals surface area contributed by atoms with Gasteiger partial charge in [-0.15, -0.1) is 0 Å². The van der Waals surface area contributed by atoms with Gasteiger partial charge in [0.2, 0.25) is 11.4 Å². The van der Waals surface area contributed by atoms with Gasteiger partial charge in [-0.1, -0.05) is 211 Å². The molecule has 0 aromatic heterocycles. The highest BCUT2D eigenvalue weighted by molar-refractivity contribution is 5.82. The minimum atomic E-state index is 1.04. The fraction of sp³-hybridized carbons (Fsp3) is 0.673. The summed E-state index contributed by atoms with van der Waals surface area (Å²) in [5, 5.41) is 0. The van der Waals surface area contributed by atoms with Gasteiger partial charge in [-0.25, -0.2) is 4.70 Å². The van der Waals surface area contributed by atoms with Gasteiger partial charge >= 0.3 is 0 Å². The Balaban J connectivity index is 1.79. The van der Waals surface area contributed by atoms with Crippen LogP contribution in [0.5, 0.6) is 0 Å². The molecule has 0 fully saturated rings. The third kappa shape index (κ3) is 19.3. The van der Waals surface area contributed by atoms with E-state index in [1.807, 2.05) is 0 Å². The maximum absolute atomic E-state index is 12.5. The lowest BCUT2D eigenvalue weighted by molar-refractivity contribution is -0.345. The molecule has 0 atom stereocenters. The van der Waals surface area contributed by atoms with Crippen LogP contribution in [0.4, 0.5) is 0 Å². The number of nitrogens with zero attached hydrogens (tertiary/aromatic N) is 2. The summed E-state index contributed by atoms with van der Waals surface area (Å²) < 4.78 is 1.64. The van der Waals surface area contributed by atoms with Crippen molar-refractivity contribution in [2.75, 3.05) is 0 Å². The number of benzene rings is 2. The van der Waals surface area contributed by atoms with E-state index in [2.05, 4.69) is 88.4 Å². The second kappa shape index (κ2) is 32.2. The van der Waals surface area contributed by atoms with Crippen LogP contribution in [0.25, 0.3) is 16.9 Å². The third-order valence-electron chi connectivity index (χ3n) is 12.4. The minimum Gasteiger partial charge on any atom is -0.493 e. The van der Waals surface area contributed by atoms with Crippen molar-refractivity contribution in [3.05, 3.63) is 99.6 Å². The zero-order valence-electron chi connectivity index (χ0n) is 38.0. The molecule has 2 nitrogen and oxygen atoms in total. The maximum atomic E-state index is 12.5. The number of hydrogen-bond donors (Lipinski definition) is 0. The van der Waals surface area contributed by atoms with Crippen LogP contribution < -0.4 is 0 Å². The van der Waals surface area contributed by atoms with Gasteiger partial charge in [0, 0.05) is 22.3 Å². The first-order chi connectivity index (χ1) is 28.2. The van der Waals surface area contributed by atoms with Crippen molar-refractivity contribution in [1.82, 2.24) is 0 Å². The van der Waals surface area contributed by atoms with Gasteiger partial charge in [0.25, 0.3) is 0 Å². The van der Waals surface area contributed by atoms with Crippen molar-refractivity contribution in [1.29, 1.82) is 0 Å². The van der Waals surface area contributed by atoms with Crippen molar-refractivity contribution in [2.24, 2.45) is 0 Å². The van der Waals surface area contributed by atoms with Crippen molar-refractivity contribution in [3.63, 3.8) is 0 Å². The lowest BCUT2D eigenvalue weighted by atomic mass is 9.89. The van der Waals surface area contributed by atoms with Crippen LogP contribution in [-0.2, 0) is 12.8 Å². The Morgan fingerprint density at radius 3 is 1.37 bits per heavy atom. The summed E-state index contributed by atoms with van der Waals surface area (Å²) >= 11 is 0. The van der Waals surface area contributed by atoms with Gasteiger partial charge in [0.05, 0.1) is 0 Å². The Labute approximate surface area is 354 Å². The molecule has 2 aromatic carbocycles. The monoisotopic (exact) mass is 777 g/mol. The molecule has 318 valence electrons. The SMILES string of the molecule is CCCCCCCCCC=CCCCc1ccccc1C1=C(CCCCCCCC)C(CCCCCCCCCCCCC)=C(c2ccc(CCCC)cc2)[N+]1=[N-]. The van der Waals surface area contributed by atoms with Gasteiger partial charge in [-0.05, 0) is 100.0 Å². The molecule has 1 aliphatic rings. The van der Waals surface area contributed by atoms with Gasteiger partial charge in [-0.3, -0.25) is 0 Å². The highest BCUT2D eigenvalue weighted by Crippen LogP contribution is 2.45. The topological polar surface area (TPSA) is 25.3 Å². The summed E-state index contributed by atoms with van der Waals surface area (Å²) in [4.78, 5) is 0. The largest absolute Gasteiger partial charge is 0.493 e. The van der Waals surface area contributed by atoms with E-state index in [-0.39, 0.29) is 0 Å². The quantitative estimate of drug-likeness (QED) is 0.0374. The predicted molar refractivity (Wildman–Crippen MR) is 253 cm³/mol. The van der Waals surface area contributed by atoms with Gasteiger partial charge in [0.1, 0.15) is 0 Å².